The number of aliphatic hydroxyl groups is 1. The van der Waals surface area contributed by atoms with Crippen LogP contribution in [0, 0.1) is 11.7 Å². The molecule has 0 spiro atoms. The van der Waals surface area contributed by atoms with Crippen molar-refractivity contribution >= 4 is 17.7 Å². The zero-order valence-corrected chi connectivity index (χ0v) is 15.1. The molecule has 134 valence electrons. The third-order valence-corrected chi connectivity index (χ3v) is 4.62. The van der Waals surface area contributed by atoms with Crippen molar-refractivity contribution in [2.75, 3.05) is 19.7 Å². The Morgan fingerprint density at radius 1 is 1.42 bits per heavy atom. The minimum absolute atomic E-state index is 0.0287. The van der Waals surface area contributed by atoms with Gasteiger partial charge in [-0.2, -0.15) is 0 Å². The van der Waals surface area contributed by atoms with Gasteiger partial charge in [0.2, 0.25) is 0 Å². The first-order valence-electron chi connectivity index (χ1n) is 8.25. The van der Waals surface area contributed by atoms with Gasteiger partial charge >= 0.3 is 6.09 Å². The first-order chi connectivity index (χ1) is 11.2. The lowest BCUT2D eigenvalue weighted by atomic mass is 9.80. The highest BCUT2D eigenvalue weighted by atomic mass is 35.5. The molecule has 1 fully saturated rings. The monoisotopic (exact) mass is 357 g/mol. The van der Waals surface area contributed by atoms with E-state index in [1.807, 2.05) is 20.8 Å². The largest absolute Gasteiger partial charge is 0.444 e. The zero-order valence-electron chi connectivity index (χ0n) is 14.4. The Labute approximate surface area is 147 Å². The summed E-state index contributed by atoms with van der Waals surface area (Å²) < 4.78 is 18.7. The number of piperidine rings is 1. The maximum absolute atomic E-state index is 13.3. The van der Waals surface area contributed by atoms with Crippen LogP contribution in [0.1, 0.15) is 45.1 Å². The van der Waals surface area contributed by atoms with E-state index in [1.165, 1.54) is 6.07 Å². The van der Waals surface area contributed by atoms with Crippen molar-refractivity contribution in [1.82, 2.24) is 4.90 Å². The Bertz CT molecular complexity index is 580. The maximum Gasteiger partial charge on any atom is 0.410 e. The summed E-state index contributed by atoms with van der Waals surface area (Å²) in [5.41, 5.74) is 0.325. The van der Waals surface area contributed by atoms with Crippen molar-refractivity contribution < 1.29 is 19.0 Å². The molecule has 6 heteroatoms. The number of carbonyl (C=O) groups is 1. The number of ether oxygens (including phenoxy) is 1. The summed E-state index contributed by atoms with van der Waals surface area (Å²) in [6.07, 6.45) is 1.23. The highest BCUT2D eigenvalue weighted by Gasteiger charge is 2.31. The lowest BCUT2D eigenvalue weighted by Gasteiger charge is -2.36. The van der Waals surface area contributed by atoms with Crippen molar-refractivity contribution in [1.29, 1.82) is 0 Å². The molecule has 1 aromatic carbocycles. The number of benzene rings is 1. The number of hydrogen-bond donors (Lipinski definition) is 1. The number of hydrogen-bond acceptors (Lipinski definition) is 3. The van der Waals surface area contributed by atoms with E-state index in [0.29, 0.717) is 13.1 Å². The molecule has 1 N–H and O–H groups in total. The lowest BCUT2D eigenvalue weighted by Crippen LogP contribution is -2.42. The van der Waals surface area contributed by atoms with E-state index in [9.17, 15) is 14.3 Å². The average molecular weight is 358 g/mol. The molecule has 0 saturated carbocycles. The van der Waals surface area contributed by atoms with E-state index in [0.717, 1.165) is 18.4 Å². The number of aliphatic hydroxyl groups excluding tert-OH is 1. The van der Waals surface area contributed by atoms with Gasteiger partial charge in [0.1, 0.15) is 11.4 Å². The van der Waals surface area contributed by atoms with Gasteiger partial charge < -0.3 is 14.7 Å². The highest BCUT2D eigenvalue weighted by molar-refractivity contribution is 6.30. The molecular weight excluding hydrogens is 333 g/mol. The second kappa shape index (κ2) is 7.70. The normalized spacial score (nSPS) is 17.7. The Morgan fingerprint density at radius 3 is 2.54 bits per heavy atom. The van der Waals surface area contributed by atoms with E-state index in [-0.39, 0.29) is 29.6 Å². The minimum Gasteiger partial charge on any atom is -0.444 e. The van der Waals surface area contributed by atoms with E-state index in [4.69, 9.17) is 16.3 Å². The SMILES string of the molecule is CC(C)(C)OC(=O)N1CCC(C(CO)c2ccc(F)c(Cl)c2)CC1. The van der Waals surface area contributed by atoms with Crippen molar-refractivity contribution in [3.05, 3.63) is 34.6 Å². The lowest BCUT2D eigenvalue weighted by molar-refractivity contribution is 0.0165. The van der Waals surface area contributed by atoms with Crippen LogP contribution in [-0.2, 0) is 4.74 Å². The Hall–Kier alpha value is -1.33. The van der Waals surface area contributed by atoms with Crippen LogP contribution in [0.2, 0.25) is 5.02 Å². The third kappa shape index (κ3) is 4.84. The van der Waals surface area contributed by atoms with Gasteiger partial charge in [0, 0.05) is 19.0 Å². The molecule has 4 nitrogen and oxygen atoms in total. The zero-order chi connectivity index (χ0) is 17.9. The van der Waals surface area contributed by atoms with Gasteiger partial charge in [-0.3, -0.25) is 0 Å². The van der Waals surface area contributed by atoms with E-state index < -0.39 is 11.4 Å². The molecule has 1 aliphatic heterocycles. The third-order valence-electron chi connectivity index (χ3n) is 4.33. The molecule has 0 radical (unpaired) electrons. The highest BCUT2D eigenvalue weighted by Crippen LogP contribution is 2.34. The Balaban J connectivity index is 1.99. The van der Waals surface area contributed by atoms with Crippen LogP contribution in [0.5, 0.6) is 0 Å². The molecule has 1 unspecified atom stereocenters. The second-order valence-corrected chi connectivity index (χ2v) is 7.67. The minimum atomic E-state index is -0.508. The average Bonchev–Trinajstić information content (AvgIpc) is 2.50. The smallest absolute Gasteiger partial charge is 0.410 e. The van der Waals surface area contributed by atoms with Gasteiger partial charge in [0.05, 0.1) is 11.6 Å². The number of nitrogens with zero attached hydrogens (tertiary/aromatic N) is 1. The molecule has 1 saturated heterocycles. The van der Waals surface area contributed by atoms with Crippen LogP contribution < -0.4 is 0 Å². The van der Waals surface area contributed by atoms with Crippen LogP contribution >= 0.6 is 11.6 Å². The predicted octanol–water partition coefficient (Wildman–Crippen LogP) is 4.20. The molecule has 1 atom stereocenters. The second-order valence-electron chi connectivity index (χ2n) is 7.27. The standard InChI is InChI=1S/C18H25ClFNO3/c1-18(2,3)24-17(23)21-8-6-12(7-9-21)14(11-22)13-4-5-16(20)15(19)10-13/h4-5,10,12,14,22H,6-9,11H2,1-3H3. The number of likely N-dealkylation sites (tertiary alicyclic amines) is 1. The van der Waals surface area contributed by atoms with Crippen LogP contribution in [0.15, 0.2) is 18.2 Å². The molecule has 0 aromatic heterocycles. The van der Waals surface area contributed by atoms with Crippen LogP contribution in [-0.4, -0.2) is 41.4 Å². The summed E-state index contributed by atoms with van der Waals surface area (Å²) in [5.74, 6) is -0.351. The molecule has 2 rings (SSSR count). The molecule has 1 aromatic rings. The van der Waals surface area contributed by atoms with Gasteiger partial charge in [0.25, 0.3) is 0 Å². The van der Waals surface area contributed by atoms with E-state index in [2.05, 4.69) is 0 Å². The van der Waals surface area contributed by atoms with E-state index >= 15 is 0 Å². The molecule has 1 amide bonds. The fraction of sp³-hybridized carbons (Fsp3) is 0.611. The van der Waals surface area contributed by atoms with Crippen LogP contribution in [0.25, 0.3) is 0 Å². The molecule has 1 heterocycles. The quantitative estimate of drug-likeness (QED) is 0.881. The number of amides is 1. The summed E-state index contributed by atoms with van der Waals surface area (Å²) in [6.45, 7) is 6.68. The van der Waals surface area contributed by atoms with Gasteiger partial charge in [-0.15, -0.1) is 0 Å². The topological polar surface area (TPSA) is 49.8 Å². The first-order valence-corrected chi connectivity index (χ1v) is 8.63. The summed E-state index contributed by atoms with van der Waals surface area (Å²) >= 11 is 5.85. The summed E-state index contributed by atoms with van der Waals surface area (Å²) in [5, 5.41) is 9.84. The van der Waals surface area contributed by atoms with Crippen molar-refractivity contribution in [2.24, 2.45) is 5.92 Å². The number of rotatable bonds is 3. The summed E-state index contributed by atoms with van der Waals surface area (Å²) in [6, 6.07) is 4.58. The van der Waals surface area contributed by atoms with Crippen LogP contribution in [0.3, 0.4) is 0 Å². The first kappa shape index (κ1) is 19.0. The number of halogens is 2. The van der Waals surface area contributed by atoms with Crippen molar-refractivity contribution in [3.63, 3.8) is 0 Å². The number of carbonyl (C=O) groups excluding carboxylic acids is 1. The van der Waals surface area contributed by atoms with Gasteiger partial charge in [-0.1, -0.05) is 17.7 Å². The van der Waals surface area contributed by atoms with Gasteiger partial charge in [0.15, 0.2) is 0 Å². The predicted molar refractivity (Wildman–Crippen MR) is 91.8 cm³/mol. The van der Waals surface area contributed by atoms with Crippen LogP contribution in [0.4, 0.5) is 9.18 Å². The molecular formula is C18H25ClFNO3. The summed E-state index contributed by atoms with van der Waals surface area (Å²) in [4.78, 5) is 13.8. The van der Waals surface area contributed by atoms with Crippen molar-refractivity contribution in [3.8, 4) is 0 Å². The van der Waals surface area contributed by atoms with Crippen molar-refractivity contribution in [2.45, 2.75) is 45.1 Å². The molecule has 0 aliphatic carbocycles. The molecule has 24 heavy (non-hydrogen) atoms. The Kier molecular flexibility index (Phi) is 6.10. The Morgan fingerprint density at radius 2 is 2.04 bits per heavy atom. The maximum atomic E-state index is 13.3. The van der Waals surface area contributed by atoms with Gasteiger partial charge in [-0.05, 0) is 57.2 Å². The van der Waals surface area contributed by atoms with Gasteiger partial charge in [-0.25, -0.2) is 9.18 Å². The molecule has 1 aliphatic rings. The van der Waals surface area contributed by atoms with E-state index in [1.54, 1.807) is 17.0 Å². The molecule has 0 bridgehead atoms. The fourth-order valence-corrected chi connectivity index (χ4v) is 3.27. The summed E-state index contributed by atoms with van der Waals surface area (Å²) in [7, 11) is 0. The fourth-order valence-electron chi connectivity index (χ4n) is 3.08.